The molecular formula is C22H33N3O4. The lowest BCUT2D eigenvalue weighted by Crippen LogP contribution is -2.40. The predicted octanol–water partition coefficient (Wildman–Crippen LogP) is 2.91. The van der Waals surface area contributed by atoms with E-state index < -0.39 is 5.60 Å². The number of piperidine rings is 1. The van der Waals surface area contributed by atoms with Gasteiger partial charge in [-0.25, -0.2) is 4.79 Å². The van der Waals surface area contributed by atoms with Gasteiger partial charge in [-0.2, -0.15) is 0 Å². The number of carbonyl (C=O) groups excluding carboxylic acids is 2. The lowest BCUT2D eigenvalue weighted by atomic mass is 9.93. The lowest BCUT2D eigenvalue weighted by Gasteiger charge is -2.33. The van der Waals surface area contributed by atoms with E-state index in [0.29, 0.717) is 25.4 Å². The van der Waals surface area contributed by atoms with Gasteiger partial charge < -0.3 is 15.2 Å². The Kier molecular flexibility index (Phi) is 6.80. The molecule has 2 aliphatic rings. The number of cyclic esters (lactones) is 1. The number of hydrogen-bond acceptors (Lipinski definition) is 6. The minimum Gasteiger partial charge on any atom is -0.460 e. The second-order valence-electron chi connectivity index (χ2n) is 9.02. The quantitative estimate of drug-likeness (QED) is 0.735. The summed E-state index contributed by atoms with van der Waals surface area (Å²) >= 11 is 0. The number of hydrogen-bond donors (Lipinski definition) is 1. The average molecular weight is 404 g/mol. The number of esters is 1. The van der Waals surface area contributed by atoms with Crippen molar-refractivity contribution in [2.75, 3.05) is 31.1 Å². The molecule has 0 saturated carbocycles. The van der Waals surface area contributed by atoms with E-state index in [9.17, 15) is 9.59 Å². The summed E-state index contributed by atoms with van der Waals surface area (Å²) < 4.78 is 11.0. The van der Waals surface area contributed by atoms with Crippen LogP contribution in [-0.2, 0) is 20.8 Å². The van der Waals surface area contributed by atoms with Crippen molar-refractivity contribution in [3.8, 4) is 0 Å². The van der Waals surface area contributed by atoms with E-state index in [1.165, 1.54) is 0 Å². The second-order valence-corrected chi connectivity index (χ2v) is 9.02. The number of rotatable bonds is 6. The largest absolute Gasteiger partial charge is 0.460 e. The summed E-state index contributed by atoms with van der Waals surface area (Å²) in [4.78, 5) is 28.3. The zero-order valence-electron chi connectivity index (χ0n) is 17.7. The molecule has 2 saturated heterocycles. The van der Waals surface area contributed by atoms with Crippen molar-refractivity contribution in [3.63, 3.8) is 0 Å². The Morgan fingerprint density at radius 1 is 1.21 bits per heavy atom. The minimum atomic E-state index is -0.430. The fourth-order valence-corrected chi connectivity index (χ4v) is 3.92. The van der Waals surface area contributed by atoms with E-state index in [1.807, 2.05) is 45.0 Å². The van der Waals surface area contributed by atoms with Crippen molar-refractivity contribution >= 4 is 17.7 Å². The number of anilines is 1. The molecule has 1 aromatic rings. The van der Waals surface area contributed by atoms with Gasteiger partial charge >= 0.3 is 12.1 Å². The van der Waals surface area contributed by atoms with Gasteiger partial charge in [0.2, 0.25) is 0 Å². The van der Waals surface area contributed by atoms with Crippen LogP contribution in [0.2, 0.25) is 0 Å². The monoisotopic (exact) mass is 403 g/mol. The standard InChI is InChI=1S/C22H33N3O4/c1-22(2,3)29-20(26)12-16-8-10-24(11-9-16)14-19-15-25(21(27)28-19)18-6-4-17(13-23)5-7-18/h4-7,16,19H,8-15,23H2,1-3H3. The normalized spacial score (nSPS) is 21.3. The Hall–Kier alpha value is -2.12. The van der Waals surface area contributed by atoms with Gasteiger partial charge in [-0.15, -0.1) is 0 Å². The van der Waals surface area contributed by atoms with Gasteiger partial charge in [0, 0.05) is 25.2 Å². The molecule has 0 spiro atoms. The first kappa shape index (κ1) is 21.6. The van der Waals surface area contributed by atoms with E-state index in [1.54, 1.807) is 4.90 Å². The maximum absolute atomic E-state index is 12.3. The Morgan fingerprint density at radius 3 is 2.45 bits per heavy atom. The van der Waals surface area contributed by atoms with E-state index in [-0.39, 0.29) is 18.2 Å². The fraction of sp³-hybridized carbons (Fsp3) is 0.636. The summed E-state index contributed by atoms with van der Waals surface area (Å²) in [5.74, 6) is 0.252. The highest BCUT2D eigenvalue weighted by atomic mass is 16.6. The van der Waals surface area contributed by atoms with Crippen molar-refractivity contribution < 1.29 is 19.1 Å². The molecule has 0 aliphatic carbocycles. The molecular weight excluding hydrogens is 370 g/mol. The highest BCUT2D eigenvalue weighted by molar-refractivity contribution is 5.89. The van der Waals surface area contributed by atoms with Crippen molar-refractivity contribution in [2.24, 2.45) is 11.7 Å². The molecule has 1 amide bonds. The maximum atomic E-state index is 12.3. The summed E-state index contributed by atoms with van der Waals surface area (Å²) in [5.41, 5.74) is 7.08. The maximum Gasteiger partial charge on any atom is 0.414 e. The summed E-state index contributed by atoms with van der Waals surface area (Å²) in [6, 6.07) is 7.69. The summed E-state index contributed by atoms with van der Waals surface area (Å²) in [5, 5.41) is 0. The smallest absolute Gasteiger partial charge is 0.414 e. The fourth-order valence-electron chi connectivity index (χ4n) is 3.92. The molecule has 29 heavy (non-hydrogen) atoms. The van der Waals surface area contributed by atoms with Gasteiger partial charge in [0.05, 0.1) is 6.54 Å². The summed E-state index contributed by atoms with van der Waals surface area (Å²) in [6.45, 7) is 9.27. The molecule has 1 aromatic carbocycles. The van der Waals surface area contributed by atoms with E-state index >= 15 is 0 Å². The zero-order chi connectivity index (χ0) is 21.0. The van der Waals surface area contributed by atoms with Crippen molar-refractivity contribution in [3.05, 3.63) is 29.8 Å². The Labute approximate surface area is 173 Å². The molecule has 0 radical (unpaired) electrons. The first-order chi connectivity index (χ1) is 13.7. The van der Waals surface area contributed by atoms with Gasteiger partial charge in [-0.05, 0) is 70.3 Å². The van der Waals surface area contributed by atoms with Crippen molar-refractivity contribution in [1.82, 2.24) is 4.90 Å². The first-order valence-electron chi connectivity index (χ1n) is 10.4. The number of nitrogens with zero attached hydrogens (tertiary/aromatic N) is 2. The third-order valence-electron chi connectivity index (χ3n) is 5.40. The molecule has 7 nitrogen and oxygen atoms in total. The number of ether oxygens (including phenoxy) is 2. The van der Waals surface area contributed by atoms with E-state index in [2.05, 4.69) is 4.90 Å². The lowest BCUT2D eigenvalue weighted by molar-refractivity contribution is -0.156. The molecule has 2 fully saturated rings. The summed E-state index contributed by atoms with van der Waals surface area (Å²) in [6.07, 6.45) is 1.97. The van der Waals surface area contributed by atoms with Crippen LogP contribution in [-0.4, -0.2) is 54.8 Å². The van der Waals surface area contributed by atoms with Crippen LogP contribution in [0, 0.1) is 5.92 Å². The van der Waals surface area contributed by atoms with Crippen LogP contribution >= 0.6 is 0 Å². The van der Waals surface area contributed by atoms with Crippen LogP contribution in [0.1, 0.15) is 45.6 Å². The topological polar surface area (TPSA) is 85.1 Å². The second kappa shape index (κ2) is 9.13. The highest BCUT2D eigenvalue weighted by Gasteiger charge is 2.34. The number of amides is 1. The van der Waals surface area contributed by atoms with Gasteiger partial charge in [0.25, 0.3) is 0 Å². The number of nitrogens with two attached hydrogens (primary N) is 1. The van der Waals surface area contributed by atoms with Crippen LogP contribution in [0.15, 0.2) is 24.3 Å². The molecule has 2 N–H and O–H groups in total. The van der Waals surface area contributed by atoms with Gasteiger partial charge in [0.1, 0.15) is 11.7 Å². The molecule has 1 atom stereocenters. The minimum absolute atomic E-state index is 0.114. The number of carbonyl (C=O) groups is 2. The van der Waals surface area contributed by atoms with E-state index in [0.717, 1.165) is 43.7 Å². The zero-order valence-corrected chi connectivity index (χ0v) is 17.7. The molecule has 2 aliphatic heterocycles. The SMILES string of the molecule is CC(C)(C)OC(=O)CC1CCN(CC2CN(c3ccc(CN)cc3)C(=O)O2)CC1. The molecule has 2 heterocycles. The Morgan fingerprint density at radius 2 is 1.86 bits per heavy atom. The van der Waals surface area contributed by atoms with Gasteiger partial charge in [-0.1, -0.05) is 12.1 Å². The molecule has 3 rings (SSSR count). The predicted molar refractivity (Wildman–Crippen MR) is 112 cm³/mol. The average Bonchev–Trinajstić information content (AvgIpc) is 3.02. The van der Waals surface area contributed by atoms with Crippen LogP contribution in [0.4, 0.5) is 10.5 Å². The van der Waals surface area contributed by atoms with Gasteiger partial charge in [0.15, 0.2) is 0 Å². The highest BCUT2D eigenvalue weighted by Crippen LogP contribution is 2.25. The first-order valence-corrected chi connectivity index (χ1v) is 10.4. The van der Waals surface area contributed by atoms with Gasteiger partial charge in [-0.3, -0.25) is 14.6 Å². The molecule has 160 valence electrons. The van der Waals surface area contributed by atoms with Crippen LogP contribution in [0.5, 0.6) is 0 Å². The molecule has 1 unspecified atom stereocenters. The number of likely N-dealkylation sites (tertiary alicyclic amines) is 1. The Bertz CT molecular complexity index is 706. The third-order valence-corrected chi connectivity index (χ3v) is 5.40. The van der Waals surface area contributed by atoms with Crippen LogP contribution in [0.25, 0.3) is 0 Å². The van der Waals surface area contributed by atoms with Crippen molar-refractivity contribution in [2.45, 2.75) is 58.3 Å². The van der Waals surface area contributed by atoms with Crippen molar-refractivity contribution in [1.29, 1.82) is 0 Å². The van der Waals surface area contributed by atoms with E-state index in [4.69, 9.17) is 15.2 Å². The summed E-state index contributed by atoms with van der Waals surface area (Å²) in [7, 11) is 0. The third kappa shape index (κ3) is 6.18. The molecule has 7 heteroatoms. The Balaban J connectivity index is 1.44. The number of benzene rings is 1. The molecule has 0 aromatic heterocycles. The molecule has 0 bridgehead atoms. The van der Waals surface area contributed by atoms with Crippen LogP contribution in [0.3, 0.4) is 0 Å². The van der Waals surface area contributed by atoms with Crippen LogP contribution < -0.4 is 10.6 Å².